The number of rotatable bonds is 3. The van der Waals surface area contributed by atoms with E-state index in [2.05, 4.69) is 15.0 Å². The Bertz CT molecular complexity index is 321. The molecule has 1 rings (SSSR count). The van der Waals surface area contributed by atoms with E-state index >= 15 is 0 Å². The number of hydrogen-bond acceptors (Lipinski definition) is 5. The minimum atomic E-state index is -0.145. The highest BCUT2D eigenvalue weighted by atomic mass is 32.1. The van der Waals surface area contributed by atoms with Crippen LogP contribution in [0, 0.1) is 0 Å². The molecular weight excluding hydrogens is 200 g/mol. The van der Waals surface area contributed by atoms with E-state index in [1.54, 1.807) is 19.1 Å². The number of carbonyl (C=O) groups is 1. The maximum Gasteiger partial charge on any atom is 0.279 e. The van der Waals surface area contributed by atoms with Gasteiger partial charge in [-0.3, -0.25) is 10.2 Å². The van der Waals surface area contributed by atoms with Gasteiger partial charge >= 0.3 is 0 Å². The summed E-state index contributed by atoms with van der Waals surface area (Å²) in [6, 6.07) is 0. The second kappa shape index (κ2) is 4.47. The topological polar surface area (TPSA) is 58.1 Å². The highest BCUT2D eigenvalue weighted by Gasteiger charge is 2.18. The number of hydrazine groups is 1. The third-order valence-corrected chi connectivity index (χ3v) is 2.33. The first-order valence-corrected chi connectivity index (χ1v) is 5.10. The molecule has 0 radical (unpaired) electrons. The third-order valence-electron chi connectivity index (χ3n) is 1.59. The first-order chi connectivity index (χ1) is 6.52. The van der Waals surface area contributed by atoms with Gasteiger partial charge in [-0.25, -0.2) is 5.01 Å². The molecule has 1 amide bonds. The molecule has 0 aromatic carbocycles. The average Bonchev–Trinajstić information content (AvgIpc) is 2.49. The van der Waals surface area contributed by atoms with Gasteiger partial charge in [-0.2, -0.15) is 0 Å². The number of hydrogen-bond donors (Lipinski definition) is 1. The molecule has 0 aliphatic carbocycles. The first kappa shape index (κ1) is 11.1. The molecule has 1 N–H and O–H groups in total. The second-order valence-electron chi connectivity index (χ2n) is 3.48. The lowest BCUT2D eigenvalue weighted by Gasteiger charge is -2.11. The Kier molecular flexibility index (Phi) is 3.54. The van der Waals surface area contributed by atoms with E-state index in [1.165, 1.54) is 0 Å². The number of aromatic nitrogens is 2. The molecule has 0 bridgehead atoms. The third kappa shape index (κ3) is 2.49. The summed E-state index contributed by atoms with van der Waals surface area (Å²) in [6.45, 7) is 3.98. The molecule has 0 spiro atoms. The quantitative estimate of drug-likeness (QED) is 0.758. The maximum absolute atomic E-state index is 11.6. The Labute approximate surface area is 87.3 Å². The van der Waals surface area contributed by atoms with Crippen LogP contribution in [0.5, 0.6) is 0 Å². The number of amides is 1. The van der Waals surface area contributed by atoms with Crippen molar-refractivity contribution >= 4 is 17.4 Å². The van der Waals surface area contributed by atoms with Gasteiger partial charge in [0.2, 0.25) is 0 Å². The van der Waals surface area contributed by atoms with Crippen LogP contribution in [-0.4, -0.2) is 34.6 Å². The zero-order valence-corrected chi connectivity index (χ0v) is 9.55. The Morgan fingerprint density at radius 2 is 2.14 bits per heavy atom. The van der Waals surface area contributed by atoms with Crippen LogP contribution in [0.1, 0.15) is 35.1 Å². The van der Waals surface area contributed by atoms with Crippen molar-refractivity contribution in [2.75, 3.05) is 14.1 Å². The van der Waals surface area contributed by atoms with Gasteiger partial charge < -0.3 is 0 Å². The number of carbonyl (C=O) groups excluding carboxylic acids is 1. The molecule has 78 valence electrons. The van der Waals surface area contributed by atoms with Crippen molar-refractivity contribution in [2.45, 2.75) is 19.8 Å². The molecule has 0 aliphatic rings. The molecule has 1 aromatic heterocycles. The first-order valence-electron chi connectivity index (χ1n) is 4.33. The van der Waals surface area contributed by atoms with E-state index in [0.29, 0.717) is 4.88 Å². The summed E-state index contributed by atoms with van der Waals surface area (Å²) in [7, 11) is 3.53. The van der Waals surface area contributed by atoms with Gasteiger partial charge in [-0.15, -0.1) is 5.10 Å². The van der Waals surface area contributed by atoms with E-state index in [1.807, 2.05) is 13.8 Å². The molecular formula is C8H14N4OS. The summed E-state index contributed by atoms with van der Waals surface area (Å²) in [5.74, 6) is 0.0744. The fraction of sp³-hybridized carbons (Fsp3) is 0.625. The molecule has 5 nitrogen and oxygen atoms in total. The summed E-state index contributed by atoms with van der Waals surface area (Å²) < 4.78 is 3.78. The SMILES string of the molecule is CC(C)c1nnsc1C(=O)NN(C)C. The van der Waals surface area contributed by atoms with E-state index in [4.69, 9.17) is 0 Å². The lowest BCUT2D eigenvalue weighted by Crippen LogP contribution is -2.36. The molecule has 0 aliphatic heterocycles. The largest absolute Gasteiger partial charge is 0.284 e. The minimum absolute atomic E-state index is 0.145. The highest BCUT2D eigenvalue weighted by molar-refractivity contribution is 7.08. The van der Waals surface area contributed by atoms with E-state index in [0.717, 1.165) is 17.2 Å². The van der Waals surface area contributed by atoms with Crippen LogP contribution in [0.25, 0.3) is 0 Å². The predicted octanol–water partition coefficient (Wildman–Crippen LogP) is 0.868. The average molecular weight is 214 g/mol. The summed E-state index contributed by atoms with van der Waals surface area (Å²) >= 11 is 1.13. The fourth-order valence-corrected chi connectivity index (χ4v) is 1.70. The smallest absolute Gasteiger partial charge is 0.279 e. The predicted molar refractivity (Wildman–Crippen MR) is 55.2 cm³/mol. The standard InChI is InChI=1S/C8H14N4OS/c1-5(2)6-7(14-11-9-6)8(13)10-12(3)4/h5H,1-4H3,(H,10,13). The van der Waals surface area contributed by atoms with Gasteiger partial charge in [0.1, 0.15) is 4.88 Å². The zero-order valence-electron chi connectivity index (χ0n) is 8.74. The van der Waals surface area contributed by atoms with Crippen molar-refractivity contribution in [2.24, 2.45) is 0 Å². The summed E-state index contributed by atoms with van der Waals surface area (Å²) in [6.07, 6.45) is 0. The van der Waals surface area contributed by atoms with Crippen molar-refractivity contribution in [3.8, 4) is 0 Å². The van der Waals surface area contributed by atoms with Crippen LogP contribution in [0.4, 0.5) is 0 Å². The van der Waals surface area contributed by atoms with Crippen LogP contribution < -0.4 is 5.43 Å². The van der Waals surface area contributed by atoms with Crippen molar-refractivity contribution in [1.82, 2.24) is 20.0 Å². The Hall–Kier alpha value is -1.01. The molecule has 0 saturated carbocycles. The molecule has 0 fully saturated rings. The maximum atomic E-state index is 11.6. The fourth-order valence-electron chi connectivity index (χ4n) is 0.987. The van der Waals surface area contributed by atoms with Crippen LogP contribution in [0.2, 0.25) is 0 Å². The number of nitrogens with zero attached hydrogens (tertiary/aromatic N) is 3. The normalized spacial score (nSPS) is 11.0. The van der Waals surface area contributed by atoms with Crippen LogP contribution >= 0.6 is 11.5 Å². The molecule has 1 heterocycles. The minimum Gasteiger partial charge on any atom is -0.284 e. The lowest BCUT2D eigenvalue weighted by molar-refractivity contribution is 0.0859. The highest BCUT2D eigenvalue weighted by Crippen LogP contribution is 2.19. The van der Waals surface area contributed by atoms with Gasteiger partial charge in [0, 0.05) is 14.1 Å². The van der Waals surface area contributed by atoms with Crippen molar-refractivity contribution in [3.05, 3.63) is 10.6 Å². The van der Waals surface area contributed by atoms with E-state index in [9.17, 15) is 4.79 Å². The molecule has 0 saturated heterocycles. The van der Waals surface area contributed by atoms with Crippen LogP contribution in [0.3, 0.4) is 0 Å². The lowest BCUT2D eigenvalue weighted by atomic mass is 10.1. The molecule has 14 heavy (non-hydrogen) atoms. The Balaban J connectivity index is 2.84. The van der Waals surface area contributed by atoms with Gasteiger partial charge in [0.25, 0.3) is 5.91 Å². The van der Waals surface area contributed by atoms with Crippen LogP contribution in [-0.2, 0) is 0 Å². The van der Waals surface area contributed by atoms with Crippen molar-refractivity contribution in [1.29, 1.82) is 0 Å². The van der Waals surface area contributed by atoms with Gasteiger partial charge in [-0.05, 0) is 17.5 Å². The van der Waals surface area contributed by atoms with Crippen molar-refractivity contribution in [3.63, 3.8) is 0 Å². The van der Waals surface area contributed by atoms with Gasteiger partial charge in [0.15, 0.2) is 0 Å². The summed E-state index contributed by atoms with van der Waals surface area (Å²) in [5, 5.41) is 5.54. The second-order valence-corrected chi connectivity index (χ2v) is 4.23. The van der Waals surface area contributed by atoms with Crippen molar-refractivity contribution < 1.29 is 4.79 Å². The van der Waals surface area contributed by atoms with E-state index < -0.39 is 0 Å². The molecule has 0 atom stereocenters. The monoisotopic (exact) mass is 214 g/mol. The van der Waals surface area contributed by atoms with E-state index in [-0.39, 0.29) is 11.8 Å². The Morgan fingerprint density at radius 3 is 2.64 bits per heavy atom. The molecule has 0 unspecified atom stereocenters. The molecule has 6 heteroatoms. The number of nitrogens with one attached hydrogen (secondary N) is 1. The van der Waals surface area contributed by atoms with Gasteiger partial charge in [-0.1, -0.05) is 18.3 Å². The summed E-state index contributed by atoms with van der Waals surface area (Å²) in [4.78, 5) is 12.2. The van der Waals surface area contributed by atoms with Gasteiger partial charge in [0.05, 0.1) is 5.69 Å². The molecule has 1 aromatic rings. The zero-order chi connectivity index (χ0) is 10.7. The summed E-state index contributed by atoms with van der Waals surface area (Å²) in [5.41, 5.74) is 3.42. The van der Waals surface area contributed by atoms with Crippen LogP contribution in [0.15, 0.2) is 0 Å². The Morgan fingerprint density at radius 1 is 1.50 bits per heavy atom.